The summed E-state index contributed by atoms with van der Waals surface area (Å²) in [7, 11) is 0. The summed E-state index contributed by atoms with van der Waals surface area (Å²) in [6.45, 7) is 2.56. The molecule has 9 heteroatoms. The summed E-state index contributed by atoms with van der Waals surface area (Å²) < 4.78 is 13.2. The molecule has 1 fully saturated rings. The minimum absolute atomic E-state index is 0.00126. The van der Waals surface area contributed by atoms with Crippen molar-refractivity contribution in [1.82, 2.24) is 20.3 Å². The average molecular weight is 619 g/mol. The van der Waals surface area contributed by atoms with Gasteiger partial charge >= 0.3 is 0 Å². The fourth-order valence-electron chi connectivity index (χ4n) is 5.30. The number of hydrogen-bond donors (Lipinski definition) is 2. The number of pyridine rings is 1. The van der Waals surface area contributed by atoms with Gasteiger partial charge in [0.05, 0.1) is 24.4 Å². The van der Waals surface area contributed by atoms with Gasteiger partial charge in [0.1, 0.15) is 0 Å². The molecule has 2 N–H and O–H groups in total. The lowest BCUT2D eigenvalue weighted by atomic mass is 9.91. The van der Waals surface area contributed by atoms with Gasteiger partial charge in [-0.3, -0.25) is 9.78 Å². The first-order valence-corrected chi connectivity index (χ1v) is 15.8. The Labute approximate surface area is 266 Å². The Morgan fingerprint density at radius 3 is 2.36 bits per heavy atom. The maximum absolute atomic E-state index is 12.5. The molecule has 4 atom stereocenters. The highest BCUT2D eigenvalue weighted by atomic mass is 32.2. The molecule has 1 aliphatic rings. The molecule has 45 heavy (non-hydrogen) atoms. The van der Waals surface area contributed by atoms with Crippen LogP contribution in [0.3, 0.4) is 0 Å². The number of carbonyl (C=O) groups is 1. The number of thioether (sulfide) groups is 1. The van der Waals surface area contributed by atoms with Crippen LogP contribution < -0.4 is 5.32 Å². The number of rotatable bonds is 10. The van der Waals surface area contributed by atoms with E-state index in [4.69, 9.17) is 9.47 Å². The molecule has 228 valence electrons. The lowest BCUT2D eigenvalue weighted by Gasteiger charge is -2.41. The van der Waals surface area contributed by atoms with E-state index in [2.05, 4.69) is 51.5 Å². The fraction of sp³-hybridized carbons (Fsp3) is 0.222. The maximum Gasteiger partial charge on any atom is 0.253 e. The van der Waals surface area contributed by atoms with Gasteiger partial charge in [-0.05, 0) is 52.1 Å². The van der Waals surface area contributed by atoms with Crippen LogP contribution in [0.1, 0.15) is 51.9 Å². The number of ether oxygens (including phenoxy) is 2. The Morgan fingerprint density at radius 1 is 0.844 bits per heavy atom. The van der Waals surface area contributed by atoms with E-state index in [1.165, 1.54) is 0 Å². The zero-order valence-electron chi connectivity index (χ0n) is 24.8. The third-order valence-corrected chi connectivity index (χ3v) is 8.83. The van der Waals surface area contributed by atoms with Crippen LogP contribution in [0.25, 0.3) is 11.1 Å². The van der Waals surface area contributed by atoms with Gasteiger partial charge in [0, 0.05) is 48.6 Å². The molecule has 3 aromatic carbocycles. The summed E-state index contributed by atoms with van der Waals surface area (Å²) in [4.78, 5) is 25.2. The van der Waals surface area contributed by atoms with Gasteiger partial charge in [-0.15, -0.1) is 0 Å². The van der Waals surface area contributed by atoms with E-state index in [1.807, 2.05) is 48.5 Å². The molecular formula is C36H34N4O4S. The van der Waals surface area contributed by atoms with Crippen molar-refractivity contribution in [3.63, 3.8) is 0 Å². The summed E-state index contributed by atoms with van der Waals surface area (Å²) in [5, 5.41) is 13.2. The van der Waals surface area contributed by atoms with Gasteiger partial charge in [0.25, 0.3) is 5.91 Å². The maximum atomic E-state index is 12.5. The molecule has 0 spiro atoms. The third-order valence-electron chi connectivity index (χ3n) is 7.86. The van der Waals surface area contributed by atoms with Gasteiger partial charge < -0.3 is 19.9 Å². The molecular weight excluding hydrogens is 584 g/mol. The largest absolute Gasteiger partial charge is 0.392 e. The molecule has 6 rings (SSSR count). The molecule has 8 nitrogen and oxygen atoms in total. The van der Waals surface area contributed by atoms with E-state index in [1.54, 1.807) is 54.7 Å². The van der Waals surface area contributed by atoms with Crippen LogP contribution in [-0.2, 0) is 22.6 Å². The Morgan fingerprint density at radius 2 is 1.62 bits per heavy atom. The summed E-state index contributed by atoms with van der Waals surface area (Å²) in [6, 6.07) is 29.6. The number of aromatic nitrogens is 3. The highest BCUT2D eigenvalue weighted by Crippen LogP contribution is 2.43. The predicted molar refractivity (Wildman–Crippen MR) is 173 cm³/mol. The molecule has 0 saturated carbocycles. The van der Waals surface area contributed by atoms with Crippen molar-refractivity contribution in [3.8, 4) is 11.1 Å². The molecule has 2 aromatic heterocycles. The van der Waals surface area contributed by atoms with Crippen LogP contribution in [0.4, 0.5) is 0 Å². The van der Waals surface area contributed by atoms with Crippen molar-refractivity contribution in [2.45, 2.75) is 43.7 Å². The highest BCUT2D eigenvalue weighted by molar-refractivity contribution is 7.99. The number of amides is 1. The number of nitrogens with one attached hydrogen (secondary N) is 1. The normalized spacial score (nSPS) is 19.6. The summed E-state index contributed by atoms with van der Waals surface area (Å²) >= 11 is 1.57. The van der Waals surface area contributed by atoms with Crippen LogP contribution in [0.2, 0.25) is 0 Å². The first-order valence-electron chi connectivity index (χ1n) is 14.9. The Balaban J connectivity index is 1.18. The second-order valence-corrected chi connectivity index (χ2v) is 11.9. The molecule has 0 unspecified atom stereocenters. The fourth-order valence-corrected chi connectivity index (χ4v) is 6.27. The van der Waals surface area contributed by atoms with Crippen LogP contribution in [-0.4, -0.2) is 37.8 Å². The van der Waals surface area contributed by atoms with Crippen LogP contribution in [0.15, 0.2) is 121 Å². The van der Waals surface area contributed by atoms with Crippen molar-refractivity contribution < 1.29 is 19.4 Å². The van der Waals surface area contributed by atoms with Gasteiger partial charge in [0.2, 0.25) is 0 Å². The van der Waals surface area contributed by atoms with Crippen molar-refractivity contribution in [2.75, 3.05) is 5.75 Å². The summed E-state index contributed by atoms with van der Waals surface area (Å²) in [5.74, 6) is 0.590. The van der Waals surface area contributed by atoms with Crippen molar-refractivity contribution in [3.05, 3.63) is 144 Å². The van der Waals surface area contributed by atoms with E-state index >= 15 is 0 Å². The molecule has 0 radical (unpaired) electrons. The quantitative estimate of drug-likeness (QED) is 0.134. The van der Waals surface area contributed by atoms with E-state index in [0.717, 1.165) is 33.4 Å². The Kier molecular flexibility index (Phi) is 9.92. The number of hydrogen-bond acceptors (Lipinski definition) is 8. The number of carbonyl (C=O) groups excluding carboxylic acids is 1. The van der Waals surface area contributed by atoms with Gasteiger partial charge in [0.15, 0.2) is 11.4 Å². The molecule has 0 bridgehead atoms. The van der Waals surface area contributed by atoms with Gasteiger partial charge in [-0.1, -0.05) is 85.4 Å². The lowest BCUT2D eigenvalue weighted by molar-refractivity contribution is -0.268. The SMILES string of the molecule is C[C@H]1[C@@H](CSc2ncccn2)O[C@@H](c2ccc(-c3cccc(CNC(=O)c4cccnc4)c3)cc2)O[C@H]1c1ccc(CO)cc1. The molecule has 1 amide bonds. The van der Waals surface area contributed by atoms with Crippen molar-refractivity contribution in [2.24, 2.45) is 5.92 Å². The van der Waals surface area contributed by atoms with Crippen LogP contribution in [0.5, 0.6) is 0 Å². The lowest BCUT2D eigenvalue weighted by Crippen LogP contribution is -2.38. The van der Waals surface area contributed by atoms with Crippen LogP contribution >= 0.6 is 11.8 Å². The average Bonchev–Trinajstić information content (AvgIpc) is 3.11. The minimum atomic E-state index is -0.561. The van der Waals surface area contributed by atoms with Crippen molar-refractivity contribution in [1.29, 1.82) is 0 Å². The molecule has 3 heterocycles. The summed E-state index contributed by atoms with van der Waals surface area (Å²) in [5.41, 5.74) is 6.46. The first-order chi connectivity index (χ1) is 22.1. The van der Waals surface area contributed by atoms with Crippen molar-refractivity contribution >= 4 is 17.7 Å². The molecule has 0 aliphatic carbocycles. The monoisotopic (exact) mass is 618 g/mol. The zero-order valence-corrected chi connectivity index (χ0v) is 25.6. The smallest absolute Gasteiger partial charge is 0.253 e. The highest BCUT2D eigenvalue weighted by Gasteiger charge is 2.38. The number of nitrogens with zero attached hydrogens (tertiary/aromatic N) is 3. The zero-order chi connectivity index (χ0) is 31.0. The first kappa shape index (κ1) is 30.6. The minimum Gasteiger partial charge on any atom is -0.392 e. The van der Waals surface area contributed by atoms with Gasteiger partial charge in [-0.25, -0.2) is 9.97 Å². The number of aliphatic hydroxyl groups excluding tert-OH is 1. The summed E-state index contributed by atoms with van der Waals surface area (Å²) in [6.07, 6.45) is 5.82. The van der Waals surface area contributed by atoms with E-state index in [9.17, 15) is 9.90 Å². The molecule has 1 saturated heterocycles. The Hall–Kier alpha value is -4.41. The second kappa shape index (κ2) is 14.6. The van der Waals surface area contributed by atoms with E-state index < -0.39 is 6.29 Å². The molecule has 1 aliphatic heterocycles. The number of benzene rings is 3. The number of aliphatic hydroxyl groups is 1. The molecule has 5 aromatic rings. The van der Waals surface area contributed by atoms with Gasteiger partial charge in [-0.2, -0.15) is 0 Å². The third kappa shape index (κ3) is 7.64. The Bertz CT molecular complexity index is 1690. The predicted octanol–water partition coefficient (Wildman–Crippen LogP) is 6.54. The second-order valence-electron chi connectivity index (χ2n) is 10.9. The standard InChI is InChI=1S/C36H34N4O4S/c1-24-32(23-45-36-38-17-4-18-39-36)43-35(44-33(24)28-10-8-25(22-41)9-11-28)29-14-12-27(13-15-29)30-6-2-5-26(19-30)20-40-34(42)31-7-3-16-37-21-31/h2-19,21,24,32-33,35,41H,20,22-23H2,1H3,(H,40,42)/t24-,32+,33+,35+/m0/s1. The van der Waals surface area contributed by atoms with Crippen LogP contribution in [0, 0.1) is 5.92 Å². The van der Waals surface area contributed by atoms with E-state index in [-0.39, 0.29) is 30.6 Å². The topological polar surface area (TPSA) is 106 Å². The van der Waals surface area contributed by atoms with E-state index in [0.29, 0.717) is 23.0 Å².